The van der Waals surface area contributed by atoms with Crippen LogP contribution in [0.15, 0.2) is 0 Å². The summed E-state index contributed by atoms with van der Waals surface area (Å²) in [5, 5.41) is 6.34. The van der Waals surface area contributed by atoms with Crippen LogP contribution in [0.5, 0.6) is 0 Å². The maximum Gasteiger partial charge on any atom is 0.407 e. The summed E-state index contributed by atoms with van der Waals surface area (Å²) in [6.07, 6.45) is 1.86. The maximum atomic E-state index is 11.6. The molecule has 5 heteroatoms. The number of amides is 1. The first-order valence-electron chi connectivity index (χ1n) is 7.48. The zero-order valence-corrected chi connectivity index (χ0v) is 13.5. The topological polar surface area (TPSA) is 59.6 Å². The van der Waals surface area contributed by atoms with E-state index in [1.165, 1.54) is 0 Å². The van der Waals surface area contributed by atoms with Crippen LogP contribution in [0.25, 0.3) is 0 Å². The van der Waals surface area contributed by atoms with Crippen LogP contribution < -0.4 is 10.6 Å². The minimum Gasteiger partial charge on any atom is -0.444 e. The molecule has 0 aromatic carbocycles. The molecule has 5 nitrogen and oxygen atoms in total. The molecule has 1 saturated heterocycles. The molecule has 1 rings (SSSR count). The van der Waals surface area contributed by atoms with E-state index >= 15 is 0 Å². The Kier molecular flexibility index (Phi) is 6.27. The van der Waals surface area contributed by atoms with Crippen LogP contribution >= 0.6 is 0 Å². The Morgan fingerprint density at radius 1 is 1.20 bits per heavy atom. The Morgan fingerprint density at radius 2 is 1.80 bits per heavy atom. The van der Waals surface area contributed by atoms with Gasteiger partial charge in [-0.3, -0.25) is 0 Å². The van der Waals surface area contributed by atoms with Gasteiger partial charge in [0.1, 0.15) is 5.60 Å². The van der Waals surface area contributed by atoms with Gasteiger partial charge in [0.25, 0.3) is 0 Å². The van der Waals surface area contributed by atoms with Crippen LogP contribution in [-0.2, 0) is 9.47 Å². The summed E-state index contributed by atoms with van der Waals surface area (Å²) in [5.74, 6) is 0.671. The number of alkyl carbamates (subject to hydrolysis) is 1. The second-order valence-corrected chi connectivity index (χ2v) is 7.18. The summed E-state index contributed by atoms with van der Waals surface area (Å²) in [7, 11) is 0. The fourth-order valence-corrected chi connectivity index (χ4v) is 2.04. The van der Waals surface area contributed by atoms with E-state index in [1.807, 2.05) is 20.8 Å². The average Bonchev–Trinajstić information content (AvgIpc) is 2.34. The standard InChI is InChI=1S/C15H30N2O3/c1-14(2,3)20-13(18)16-11-15(4,5)17-10-12-6-8-19-9-7-12/h12,17H,6-11H2,1-5H3,(H,16,18). The van der Waals surface area contributed by atoms with Crippen molar-refractivity contribution in [1.82, 2.24) is 10.6 Å². The average molecular weight is 286 g/mol. The van der Waals surface area contributed by atoms with E-state index in [1.54, 1.807) is 0 Å². The first-order valence-corrected chi connectivity index (χ1v) is 7.48. The molecule has 0 aromatic heterocycles. The molecular weight excluding hydrogens is 256 g/mol. The second kappa shape index (κ2) is 7.27. The van der Waals surface area contributed by atoms with Gasteiger partial charge < -0.3 is 20.1 Å². The first kappa shape index (κ1) is 17.2. The second-order valence-electron chi connectivity index (χ2n) is 7.18. The third-order valence-corrected chi connectivity index (χ3v) is 3.28. The largest absolute Gasteiger partial charge is 0.444 e. The Balaban J connectivity index is 2.24. The molecule has 1 fully saturated rings. The van der Waals surface area contributed by atoms with Gasteiger partial charge in [0.2, 0.25) is 0 Å². The smallest absolute Gasteiger partial charge is 0.407 e. The number of carbonyl (C=O) groups is 1. The zero-order chi connectivity index (χ0) is 15.2. The quantitative estimate of drug-likeness (QED) is 0.814. The van der Waals surface area contributed by atoms with Crippen LogP contribution in [0, 0.1) is 5.92 Å². The highest BCUT2D eigenvalue weighted by Crippen LogP contribution is 2.15. The zero-order valence-electron chi connectivity index (χ0n) is 13.5. The Hall–Kier alpha value is -0.810. The molecule has 20 heavy (non-hydrogen) atoms. The van der Waals surface area contributed by atoms with Crippen LogP contribution in [0.4, 0.5) is 4.79 Å². The van der Waals surface area contributed by atoms with Gasteiger partial charge in [0.15, 0.2) is 0 Å². The summed E-state index contributed by atoms with van der Waals surface area (Å²) in [6, 6.07) is 0. The van der Waals surface area contributed by atoms with Gasteiger partial charge in [0.05, 0.1) is 0 Å². The van der Waals surface area contributed by atoms with Crippen molar-refractivity contribution in [2.75, 3.05) is 26.3 Å². The van der Waals surface area contributed by atoms with Gasteiger partial charge in [-0.05, 0) is 59.9 Å². The summed E-state index contributed by atoms with van der Waals surface area (Å²) in [4.78, 5) is 11.6. The van der Waals surface area contributed by atoms with Crippen LogP contribution in [-0.4, -0.2) is 43.5 Å². The normalized spacial score (nSPS) is 17.9. The number of hydrogen-bond donors (Lipinski definition) is 2. The molecule has 1 heterocycles. The number of carbonyl (C=O) groups excluding carboxylic acids is 1. The molecule has 118 valence electrons. The van der Waals surface area contributed by atoms with E-state index in [0.29, 0.717) is 12.5 Å². The van der Waals surface area contributed by atoms with Crippen molar-refractivity contribution in [3.63, 3.8) is 0 Å². The van der Waals surface area contributed by atoms with Crippen molar-refractivity contribution >= 4 is 6.09 Å². The number of hydrogen-bond acceptors (Lipinski definition) is 4. The van der Waals surface area contributed by atoms with Crippen molar-refractivity contribution in [3.05, 3.63) is 0 Å². The fraction of sp³-hybridized carbons (Fsp3) is 0.933. The monoisotopic (exact) mass is 286 g/mol. The summed E-state index contributed by atoms with van der Waals surface area (Å²) >= 11 is 0. The van der Waals surface area contributed by atoms with Crippen LogP contribution in [0.2, 0.25) is 0 Å². The van der Waals surface area contributed by atoms with Crippen LogP contribution in [0.3, 0.4) is 0 Å². The molecule has 0 atom stereocenters. The van der Waals surface area contributed by atoms with Crippen LogP contribution in [0.1, 0.15) is 47.5 Å². The summed E-state index contributed by atoms with van der Waals surface area (Å²) < 4.78 is 10.6. The molecular formula is C15H30N2O3. The lowest BCUT2D eigenvalue weighted by atomic mass is 9.98. The van der Waals surface area contributed by atoms with E-state index in [-0.39, 0.29) is 11.6 Å². The minimum absolute atomic E-state index is 0.144. The number of rotatable bonds is 5. The predicted molar refractivity (Wildman–Crippen MR) is 79.9 cm³/mol. The predicted octanol–water partition coefficient (Wildman–Crippen LogP) is 2.31. The third kappa shape index (κ3) is 7.70. The van der Waals surface area contributed by atoms with Gasteiger partial charge in [0, 0.05) is 25.3 Å². The van der Waals surface area contributed by atoms with Crippen molar-refractivity contribution in [3.8, 4) is 0 Å². The molecule has 1 aliphatic heterocycles. The van der Waals surface area contributed by atoms with Gasteiger partial charge in [-0.15, -0.1) is 0 Å². The molecule has 2 N–H and O–H groups in total. The molecule has 0 saturated carbocycles. The van der Waals surface area contributed by atoms with E-state index < -0.39 is 5.60 Å². The summed E-state index contributed by atoms with van der Waals surface area (Å²) in [6.45, 7) is 13.0. The molecule has 0 spiro atoms. The van der Waals surface area contributed by atoms with Gasteiger partial charge in [-0.25, -0.2) is 4.79 Å². The SMILES string of the molecule is CC(C)(CNC(=O)OC(C)(C)C)NCC1CCOCC1. The highest BCUT2D eigenvalue weighted by Gasteiger charge is 2.23. The molecule has 1 aliphatic rings. The van der Waals surface area contributed by atoms with Crippen molar-refractivity contribution in [2.24, 2.45) is 5.92 Å². The maximum absolute atomic E-state index is 11.6. The summed E-state index contributed by atoms with van der Waals surface area (Å²) in [5.41, 5.74) is -0.598. The highest BCUT2D eigenvalue weighted by molar-refractivity contribution is 5.67. The van der Waals surface area contributed by atoms with Crippen molar-refractivity contribution < 1.29 is 14.3 Å². The number of ether oxygens (including phenoxy) is 2. The van der Waals surface area contributed by atoms with Crippen molar-refractivity contribution in [1.29, 1.82) is 0 Å². The van der Waals surface area contributed by atoms with Crippen molar-refractivity contribution in [2.45, 2.75) is 58.6 Å². The third-order valence-electron chi connectivity index (χ3n) is 3.28. The van der Waals surface area contributed by atoms with Gasteiger partial charge in [-0.2, -0.15) is 0 Å². The lowest BCUT2D eigenvalue weighted by molar-refractivity contribution is 0.0507. The lowest BCUT2D eigenvalue weighted by Gasteiger charge is -2.31. The van der Waals surface area contributed by atoms with E-state index in [2.05, 4.69) is 24.5 Å². The molecule has 1 amide bonds. The Morgan fingerprint density at radius 3 is 2.35 bits per heavy atom. The Bertz CT molecular complexity index is 305. The van der Waals surface area contributed by atoms with Gasteiger partial charge >= 0.3 is 6.09 Å². The van der Waals surface area contributed by atoms with E-state index in [0.717, 1.165) is 32.6 Å². The first-order chi connectivity index (χ1) is 9.18. The number of nitrogens with one attached hydrogen (secondary N) is 2. The lowest BCUT2D eigenvalue weighted by Crippen LogP contribution is -2.51. The van der Waals surface area contributed by atoms with Gasteiger partial charge in [-0.1, -0.05) is 0 Å². The molecule has 0 aliphatic carbocycles. The minimum atomic E-state index is -0.455. The van der Waals surface area contributed by atoms with E-state index in [4.69, 9.17) is 9.47 Å². The molecule has 0 aromatic rings. The molecule has 0 bridgehead atoms. The molecule has 0 unspecified atom stereocenters. The molecule has 0 radical (unpaired) electrons. The van der Waals surface area contributed by atoms with E-state index in [9.17, 15) is 4.79 Å². The Labute approximate surface area is 122 Å². The highest BCUT2D eigenvalue weighted by atomic mass is 16.6. The fourth-order valence-electron chi connectivity index (χ4n) is 2.04.